The van der Waals surface area contributed by atoms with Crippen LogP contribution in [-0.4, -0.2) is 34.9 Å². The van der Waals surface area contributed by atoms with E-state index in [-0.39, 0.29) is 13.0 Å². The van der Waals surface area contributed by atoms with Crippen molar-refractivity contribution in [2.45, 2.75) is 12.0 Å². The molecule has 1 aliphatic heterocycles. The number of aliphatic hydroxyl groups is 1. The van der Waals surface area contributed by atoms with E-state index in [4.69, 9.17) is 16.7 Å². The first kappa shape index (κ1) is 11.2. The molecule has 0 aromatic heterocycles. The summed E-state index contributed by atoms with van der Waals surface area (Å²) in [6.07, 6.45) is 0.241. The van der Waals surface area contributed by atoms with Crippen LogP contribution in [0.15, 0.2) is 24.3 Å². The fourth-order valence-electron chi connectivity index (χ4n) is 1.84. The van der Waals surface area contributed by atoms with Crippen molar-refractivity contribution >= 4 is 23.3 Å². The Balaban J connectivity index is 2.15. The summed E-state index contributed by atoms with van der Waals surface area (Å²) in [5, 5.41) is 19.3. The maximum Gasteiger partial charge on any atom is 0.337 e. The monoisotopic (exact) mass is 241 g/mol. The molecule has 1 fully saturated rings. The normalized spacial score (nSPS) is 24.8. The first-order valence-electron chi connectivity index (χ1n) is 4.97. The molecule has 0 amide bonds. The predicted molar refractivity (Wildman–Crippen MR) is 60.9 cm³/mol. The van der Waals surface area contributed by atoms with Crippen LogP contribution in [0, 0.1) is 0 Å². The van der Waals surface area contributed by atoms with Crippen molar-refractivity contribution < 1.29 is 15.0 Å². The molecule has 0 aliphatic carbocycles. The van der Waals surface area contributed by atoms with Crippen LogP contribution >= 0.6 is 11.6 Å². The number of benzene rings is 1. The van der Waals surface area contributed by atoms with Crippen LogP contribution in [0.3, 0.4) is 0 Å². The van der Waals surface area contributed by atoms with E-state index in [1.54, 1.807) is 12.1 Å². The van der Waals surface area contributed by atoms with Gasteiger partial charge in [0, 0.05) is 23.7 Å². The van der Waals surface area contributed by atoms with E-state index in [2.05, 4.69) is 0 Å². The highest BCUT2D eigenvalue weighted by molar-refractivity contribution is 6.30. The molecule has 1 aromatic rings. The maximum atomic E-state index is 10.9. The van der Waals surface area contributed by atoms with E-state index >= 15 is 0 Å². The van der Waals surface area contributed by atoms with Crippen molar-refractivity contribution in [2.24, 2.45) is 0 Å². The van der Waals surface area contributed by atoms with Crippen molar-refractivity contribution in [2.75, 3.05) is 18.0 Å². The highest BCUT2D eigenvalue weighted by Gasteiger charge is 2.43. The Morgan fingerprint density at radius 2 is 2.00 bits per heavy atom. The smallest absolute Gasteiger partial charge is 0.337 e. The van der Waals surface area contributed by atoms with Gasteiger partial charge in [0.05, 0.1) is 6.54 Å². The summed E-state index contributed by atoms with van der Waals surface area (Å²) in [4.78, 5) is 12.7. The standard InChI is InChI=1S/C11H12ClNO3/c12-8-1-3-9(4-2-8)13-6-5-11(16,7-13)10(14)15/h1-4,16H,5-7H2,(H,14,15). The second-order valence-electron chi connectivity index (χ2n) is 3.98. The zero-order valence-corrected chi connectivity index (χ0v) is 9.31. The highest BCUT2D eigenvalue weighted by Crippen LogP contribution is 2.27. The van der Waals surface area contributed by atoms with Gasteiger partial charge in [0.15, 0.2) is 5.60 Å². The predicted octanol–water partition coefficient (Wildman–Crippen LogP) is 1.37. The molecule has 5 heteroatoms. The van der Waals surface area contributed by atoms with Gasteiger partial charge in [-0.15, -0.1) is 0 Å². The number of β-amino-alcohol motifs (C(OH)–C–C–N with tert-alkyl or cyclic N) is 1. The van der Waals surface area contributed by atoms with Crippen LogP contribution in [0.1, 0.15) is 6.42 Å². The lowest BCUT2D eigenvalue weighted by Crippen LogP contribution is -2.41. The second kappa shape index (κ2) is 3.96. The lowest BCUT2D eigenvalue weighted by Gasteiger charge is -2.20. The molecule has 1 saturated heterocycles. The fraction of sp³-hybridized carbons (Fsp3) is 0.364. The van der Waals surface area contributed by atoms with Gasteiger partial charge in [-0.05, 0) is 24.3 Å². The number of carboxylic acids is 1. The summed E-state index contributed by atoms with van der Waals surface area (Å²) < 4.78 is 0. The Morgan fingerprint density at radius 3 is 2.50 bits per heavy atom. The number of halogens is 1. The number of rotatable bonds is 2. The minimum Gasteiger partial charge on any atom is -0.479 e. The Kier molecular flexibility index (Phi) is 2.78. The summed E-state index contributed by atoms with van der Waals surface area (Å²) in [6.45, 7) is 0.647. The van der Waals surface area contributed by atoms with Crippen LogP contribution in [0.25, 0.3) is 0 Å². The third kappa shape index (κ3) is 1.99. The Labute approximate surface area is 98.1 Å². The summed E-state index contributed by atoms with van der Waals surface area (Å²) in [7, 11) is 0. The van der Waals surface area contributed by atoms with E-state index in [9.17, 15) is 9.90 Å². The SMILES string of the molecule is O=C(O)C1(O)CCN(c2ccc(Cl)cc2)C1. The van der Waals surface area contributed by atoms with Gasteiger partial charge < -0.3 is 15.1 Å². The molecule has 1 aromatic carbocycles. The molecule has 1 atom stereocenters. The number of anilines is 1. The molecule has 0 radical (unpaired) electrons. The van der Waals surface area contributed by atoms with E-state index in [1.165, 1.54) is 0 Å². The van der Waals surface area contributed by atoms with Crippen molar-refractivity contribution in [1.82, 2.24) is 0 Å². The minimum absolute atomic E-state index is 0.115. The van der Waals surface area contributed by atoms with Crippen LogP contribution in [0.2, 0.25) is 5.02 Å². The third-order valence-corrected chi connectivity index (χ3v) is 3.09. The van der Waals surface area contributed by atoms with Gasteiger partial charge in [-0.3, -0.25) is 0 Å². The number of hydrogen-bond donors (Lipinski definition) is 2. The minimum atomic E-state index is -1.63. The zero-order chi connectivity index (χ0) is 11.8. The molecule has 2 rings (SSSR count). The second-order valence-corrected chi connectivity index (χ2v) is 4.42. The first-order valence-corrected chi connectivity index (χ1v) is 5.35. The average Bonchev–Trinajstić information content (AvgIpc) is 2.63. The van der Waals surface area contributed by atoms with E-state index in [0.717, 1.165) is 5.69 Å². The number of aliphatic carboxylic acids is 1. The Hall–Kier alpha value is -1.26. The van der Waals surface area contributed by atoms with Gasteiger partial charge in [0.1, 0.15) is 0 Å². The Bertz CT molecular complexity index is 406. The molecule has 0 spiro atoms. The molecule has 0 bridgehead atoms. The topological polar surface area (TPSA) is 60.8 Å². The molecule has 1 aliphatic rings. The number of hydrogen-bond acceptors (Lipinski definition) is 3. The van der Waals surface area contributed by atoms with Gasteiger partial charge >= 0.3 is 5.97 Å². The van der Waals surface area contributed by atoms with Crippen molar-refractivity contribution in [3.63, 3.8) is 0 Å². The zero-order valence-electron chi connectivity index (χ0n) is 8.56. The molecule has 86 valence electrons. The van der Waals surface area contributed by atoms with Gasteiger partial charge in [-0.25, -0.2) is 4.79 Å². The molecule has 0 saturated carbocycles. The fourth-order valence-corrected chi connectivity index (χ4v) is 1.97. The maximum absolute atomic E-state index is 10.9. The molecule has 1 unspecified atom stereocenters. The molecule has 2 N–H and O–H groups in total. The third-order valence-electron chi connectivity index (χ3n) is 2.84. The molecule has 16 heavy (non-hydrogen) atoms. The summed E-state index contributed by atoms with van der Waals surface area (Å²) in [6, 6.07) is 7.12. The van der Waals surface area contributed by atoms with Crippen LogP contribution in [-0.2, 0) is 4.79 Å². The van der Waals surface area contributed by atoms with E-state index in [1.807, 2.05) is 17.0 Å². The molecule has 1 heterocycles. The van der Waals surface area contributed by atoms with Crippen molar-refractivity contribution in [3.8, 4) is 0 Å². The number of carbonyl (C=O) groups is 1. The average molecular weight is 242 g/mol. The van der Waals surface area contributed by atoms with Gasteiger partial charge in [0.2, 0.25) is 0 Å². The van der Waals surface area contributed by atoms with Crippen LogP contribution < -0.4 is 4.90 Å². The summed E-state index contributed by atoms with van der Waals surface area (Å²) >= 11 is 5.76. The van der Waals surface area contributed by atoms with Gasteiger partial charge in [-0.1, -0.05) is 11.6 Å². The largest absolute Gasteiger partial charge is 0.479 e. The molecule has 4 nitrogen and oxygen atoms in total. The lowest BCUT2D eigenvalue weighted by atomic mass is 10.0. The van der Waals surface area contributed by atoms with Gasteiger partial charge in [-0.2, -0.15) is 0 Å². The van der Waals surface area contributed by atoms with E-state index in [0.29, 0.717) is 11.6 Å². The van der Waals surface area contributed by atoms with Crippen molar-refractivity contribution in [3.05, 3.63) is 29.3 Å². The molecular weight excluding hydrogens is 230 g/mol. The Morgan fingerprint density at radius 1 is 1.38 bits per heavy atom. The van der Waals surface area contributed by atoms with E-state index < -0.39 is 11.6 Å². The van der Waals surface area contributed by atoms with Crippen LogP contribution in [0.4, 0.5) is 5.69 Å². The summed E-state index contributed by atoms with van der Waals surface area (Å²) in [5.41, 5.74) is -0.749. The van der Waals surface area contributed by atoms with Crippen molar-refractivity contribution in [1.29, 1.82) is 0 Å². The first-order chi connectivity index (χ1) is 7.51. The number of carboxylic acid groups (broad SMARTS) is 1. The molecular formula is C11H12ClNO3. The van der Waals surface area contributed by atoms with Gasteiger partial charge in [0.25, 0.3) is 0 Å². The number of nitrogens with zero attached hydrogens (tertiary/aromatic N) is 1. The highest BCUT2D eigenvalue weighted by atomic mass is 35.5. The quantitative estimate of drug-likeness (QED) is 0.821. The van der Waals surface area contributed by atoms with Crippen LogP contribution in [0.5, 0.6) is 0 Å². The lowest BCUT2D eigenvalue weighted by molar-refractivity contribution is -0.156. The summed E-state index contributed by atoms with van der Waals surface area (Å²) in [5.74, 6) is -1.16.